The first kappa shape index (κ1) is 11.0. The third-order valence-electron chi connectivity index (χ3n) is 3.72. The fourth-order valence-corrected chi connectivity index (χ4v) is 2.50. The van der Waals surface area contributed by atoms with Crippen LogP contribution in [0.15, 0.2) is 42.6 Å². The number of amides is 1. The van der Waals surface area contributed by atoms with Crippen LogP contribution in [0.3, 0.4) is 0 Å². The van der Waals surface area contributed by atoms with E-state index in [0.29, 0.717) is 5.82 Å². The zero-order chi connectivity index (χ0) is 12.4. The van der Waals surface area contributed by atoms with Crippen LogP contribution in [0, 0.1) is 0 Å². The van der Waals surface area contributed by atoms with Gasteiger partial charge in [-0.15, -0.1) is 0 Å². The molecule has 2 aromatic rings. The molecule has 1 aliphatic rings. The van der Waals surface area contributed by atoms with Gasteiger partial charge in [-0.3, -0.25) is 9.89 Å². The largest absolute Gasteiger partial charge is 0.310 e. The lowest BCUT2D eigenvalue weighted by Crippen LogP contribution is -2.46. The SMILES string of the molecule is O=C(Nc1ccn[nH]1)C1(c2ccccc2)CCC1. The Morgan fingerprint density at radius 3 is 2.56 bits per heavy atom. The third-order valence-corrected chi connectivity index (χ3v) is 3.72. The van der Waals surface area contributed by atoms with E-state index >= 15 is 0 Å². The molecule has 0 spiro atoms. The van der Waals surface area contributed by atoms with Gasteiger partial charge in [0.05, 0.1) is 11.6 Å². The summed E-state index contributed by atoms with van der Waals surface area (Å²) >= 11 is 0. The van der Waals surface area contributed by atoms with Crippen LogP contribution in [0.2, 0.25) is 0 Å². The minimum Gasteiger partial charge on any atom is -0.310 e. The lowest BCUT2D eigenvalue weighted by molar-refractivity contribution is -0.124. The van der Waals surface area contributed by atoms with Gasteiger partial charge in [0.15, 0.2) is 0 Å². The Labute approximate surface area is 105 Å². The summed E-state index contributed by atoms with van der Waals surface area (Å²) in [5.41, 5.74) is 0.750. The van der Waals surface area contributed by atoms with Crippen LogP contribution in [0.1, 0.15) is 24.8 Å². The fourth-order valence-electron chi connectivity index (χ4n) is 2.50. The number of rotatable bonds is 3. The monoisotopic (exact) mass is 241 g/mol. The van der Waals surface area contributed by atoms with Gasteiger partial charge in [0.2, 0.25) is 5.91 Å². The predicted molar refractivity (Wildman–Crippen MR) is 69.2 cm³/mol. The van der Waals surface area contributed by atoms with Crippen LogP contribution in [0.25, 0.3) is 0 Å². The van der Waals surface area contributed by atoms with Crippen molar-refractivity contribution in [3.05, 3.63) is 48.2 Å². The van der Waals surface area contributed by atoms with E-state index in [1.165, 1.54) is 0 Å². The van der Waals surface area contributed by atoms with Gasteiger partial charge in [0.25, 0.3) is 0 Å². The van der Waals surface area contributed by atoms with Crippen molar-refractivity contribution in [1.82, 2.24) is 10.2 Å². The molecular formula is C14H15N3O. The maximum Gasteiger partial charge on any atom is 0.236 e. The number of nitrogens with one attached hydrogen (secondary N) is 2. The van der Waals surface area contributed by atoms with Gasteiger partial charge < -0.3 is 5.32 Å². The Bertz CT molecular complexity index is 529. The smallest absolute Gasteiger partial charge is 0.236 e. The van der Waals surface area contributed by atoms with E-state index in [2.05, 4.69) is 15.5 Å². The number of carbonyl (C=O) groups is 1. The standard InChI is InChI=1S/C14H15N3O/c18-13(16-12-7-10-15-17-12)14(8-4-9-14)11-5-2-1-3-6-11/h1-3,5-7,10H,4,8-9H2,(H2,15,16,17,18). The lowest BCUT2D eigenvalue weighted by Gasteiger charge is -2.40. The summed E-state index contributed by atoms with van der Waals surface area (Å²) in [5, 5.41) is 9.50. The molecular weight excluding hydrogens is 226 g/mol. The molecule has 0 atom stereocenters. The Hall–Kier alpha value is -2.10. The first-order valence-corrected chi connectivity index (χ1v) is 6.18. The third kappa shape index (κ3) is 1.70. The number of benzene rings is 1. The Kier molecular flexibility index (Phi) is 2.63. The first-order valence-electron chi connectivity index (χ1n) is 6.18. The van der Waals surface area contributed by atoms with Gasteiger partial charge in [-0.2, -0.15) is 5.10 Å². The van der Waals surface area contributed by atoms with Gasteiger partial charge in [0, 0.05) is 6.07 Å². The van der Waals surface area contributed by atoms with E-state index < -0.39 is 0 Å². The fraction of sp³-hybridized carbons (Fsp3) is 0.286. The number of nitrogens with zero attached hydrogens (tertiary/aromatic N) is 1. The van der Waals surface area contributed by atoms with Crippen LogP contribution >= 0.6 is 0 Å². The molecule has 0 saturated heterocycles. The molecule has 1 fully saturated rings. The van der Waals surface area contributed by atoms with Gasteiger partial charge in [-0.25, -0.2) is 0 Å². The zero-order valence-corrected chi connectivity index (χ0v) is 10.0. The van der Waals surface area contributed by atoms with E-state index in [4.69, 9.17) is 0 Å². The Balaban J connectivity index is 1.86. The number of hydrogen-bond donors (Lipinski definition) is 2. The number of anilines is 1. The summed E-state index contributed by atoms with van der Waals surface area (Å²) < 4.78 is 0. The minimum absolute atomic E-state index is 0.0594. The normalized spacial score (nSPS) is 16.9. The number of carbonyl (C=O) groups excluding carboxylic acids is 1. The van der Waals surface area contributed by atoms with E-state index in [1.54, 1.807) is 12.3 Å². The van der Waals surface area contributed by atoms with Crippen molar-refractivity contribution in [2.24, 2.45) is 0 Å². The second-order valence-electron chi connectivity index (χ2n) is 4.73. The van der Waals surface area contributed by atoms with Crippen molar-refractivity contribution < 1.29 is 4.79 Å². The summed E-state index contributed by atoms with van der Waals surface area (Å²) in [6.45, 7) is 0. The number of aromatic amines is 1. The Morgan fingerprint density at radius 2 is 2.00 bits per heavy atom. The highest BCUT2D eigenvalue weighted by Crippen LogP contribution is 2.44. The molecule has 92 valence electrons. The van der Waals surface area contributed by atoms with Crippen molar-refractivity contribution >= 4 is 11.7 Å². The molecule has 1 saturated carbocycles. The molecule has 1 aromatic heterocycles. The van der Waals surface area contributed by atoms with E-state index in [1.807, 2.05) is 30.3 Å². The topological polar surface area (TPSA) is 57.8 Å². The molecule has 4 heteroatoms. The van der Waals surface area contributed by atoms with Crippen LogP contribution in [-0.4, -0.2) is 16.1 Å². The van der Waals surface area contributed by atoms with Crippen LogP contribution in [-0.2, 0) is 10.2 Å². The van der Waals surface area contributed by atoms with Crippen LogP contribution in [0.5, 0.6) is 0 Å². The van der Waals surface area contributed by atoms with Crippen molar-refractivity contribution in [2.45, 2.75) is 24.7 Å². The molecule has 0 radical (unpaired) electrons. The maximum absolute atomic E-state index is 12.5. The predicted octanol–water partition coefficient (Wildman–Crippen LogP) is 2.47. The number of hydrogen-bond acceptors (Lipinski definition) is 2. The molecule has 18 heavy (non-hydrogen) atoms. The van der Waals surface area contributed by atoms with Crippen molar-refractivity contribution in [2.75, 3.05) is 5.32 Å². The average molecular weight is 241 g/mol. The maximum atomic E-state index is 12.5. The summed E-state index contributed by atoms with van der Waals surface area (Å²) in [4.78, 5) is 12.5. The van der Waals surface area contributed by atoms with E-state index in [-0.39, 0.29) is 11.3 Å². The van der Waals surface area contributed by atoms with E-state index in [0.717, 1.165) is 24.8 Å². The number of aromatic nitrogens is 2. The van der Waals surface area contributed by atoms with Gasteiger partial charge in [-0.1, -0.05) is 36.8 Å². The molecule has 0 aliphatic heterocycles. The molecule has 0 bridgehead atoms. The molecule has 3 rings (SSSR count). The van der Waals surface area contributed by atoms with Crippen LogP contribution in [0.4, 0.5) is 5.82 Å². The molecule has 2 N–H and O–H groups in total. The van der Waals surface area contributed by atoms with Crippen molar-refractivity contribution in [3.63, 3.8) is 0 Å². The summed E-state index contributed by atoms with van der Waals surface area (Å²) in [6, 6.07) is 11.8. The molecule has 1 aromatic carbocycles. The highest BCUT2D eigenvalue weighted by Gasteiger charge is 2.45. The van der Waals surface area contributed by atoms with E-state index in [9.17, 15) is 4.79 Å². The molecule has 0 unspecified atom stereocenters. The molecule has 1 amide bonds. The van der Waals surface area contributed by atoms with Gasteiger partial charge in [-0.05, 0) is 18.4 Å². The van der Waals surface area contributed by atoms with Crippen molar-refractivity contribution in [1.29, 1.82) is 0 Å². The highest BCUT2D eigenvalue weighted by molar-refractivity contribution is 5.99. The minimum atomic E-state index is -0.355. The second-order valence-corrected chi connectivity index (χ2v) is 4.73. The summed E-state index contributed by atoms with van der Waals surface area (Å²) in [5.74, 6) is 0.714. The first-order chi connectivity index (χ1) is 8.81. The second kappa shape index (κ2) is 4.29. The number of H-pyrrole nitrogens is 1. The van der Waals surface area contributed by atoms with Gasteiger partial charge >= 0.3 is 0 Å². The average Bonchev–Trinajstić information content (AvgIpc) is 2.82. The molecule has 1 aliphatic carbocycles. The highest BCUT2D eigenvalue weighted by atomic mass is 16.2. The zero-order valence-electron chi connectivity index (χ0n) is 10.0. The Morgan fingerprint density at radius 1 is 1.22 bits per heavy atom. The van der Waals surface area contributed by atoms with Gasteiger partial charge in [0.1, 0.15) is 5.82 Å². The summed E-state index contributed by atoms with van der Waals surface area (Å²) in [7, 11) is 0. The lowest BCUT2D eigenvalue weighted by atomic mass is 9.64. The van der Waals surface area contributed by atoms with Crippen LogP contribution < -0.4 is 5.32 Å². The van der Waals surface area contributed by atoms with Crippen molar-refractivity contribution in [3.8, 4) is 0 Å². The molecule has 4 nitrogen and oxygen atoms in total. The summed E-state index contributed by atoms with van der Waals surface area (Å²) in [6.07, 6.45) is 4.56. The molecule has 1 heterocycles. The quantitative estimate of drug-likeness (QED) is 0.867.